The van der Waals surface area contributed by atoms with Crippen LogP contribution in [0.4, 0.5) is 4.79 Å². The molecular formula is C21H28N2O3. The summed E-state index contributed by atoms with van der Waals surface area (Å²) in [5, 5.41) is 17.4. The number of rotatable bonds is 7. The fourth-order valence-electron chi connectivity index (χ4n) is 3.09. The molecule has 5 heteroatoms. The minimum absolute atomic E-state index is 0.357. The molecule has 0 saturated heterocycles. The molecule has 0 unspecified atom stereocenters. The highest BCUT2D eigenvalue weighted by Gasteiger charge is 2.38. The van der Waals surface area contributed by atoms with Crippen molar-refractivity contribution in [3.63, 3.8) is 0 Å². The Morgan fingerprint density at radius 2 is 1.50 bits per heavy atom. The lowest BCUT2D eigenvalue weighted by atomic mass is 9.81. The Balaban J connectivity index is 2.28. The van der Waals surface area contributed by atoms with Gasteiger partial charge in [0.05, 0.1) is 18.2 Å². The maximum atomic E-state index is 12.5. The van der Waals surface area contributed by atoms with Gasteiger partial charge in [0.25, 0.3) is 0 Å². The minimum atomic E-state index is -1.36. The Morgan fingerprint density at radius 3 is 1.92 bits per heavy atom. The van der Waals surface area contributed by atoms with Crippen molar-refractivity contribution in [1.29, 1.82) is 0 Å². The van der Waals surface area contributed by atoms with Gasteiger partial charge in [-0.05, 0) is 31.9 Å². The Labute approximate surface area is 155 Å². The molecule has 26 heavy (non-hydrogen) atoms. The molecule has 2 aromatic carbocycles. The van der Waals surface area contributed by atoms with Crippen LogP contribution < -0.4 is 10.6 Å². The number of aliphatic hydroxyl groups is 1. The molecule has 0 radical (unpaired) electrons. The van der Waals surface area contributed by atoms with E-state index in [9.17, 15) is 9.90 Å². The number of benzene rings is 2. The minimum Gasteiger partial charge on any atom is -0.382 e. The lowest BCUT2D eigenvalue weighted by molar-refractivity contribution is 0.0463. The first-order valence-electron chi connectivity index (χ1n) is 8.70. The van der Waals surface area contributed by atoms with Gasteiger partial charge in [0.15, 0.2) is 0 Å². The van der Waals surface area contributed by atoms with Crippen molar-refractivity contribution in [3.05, 3.63) is 71.8 Å². The average molecular weight is 356 g/mol. The molecule has 0 saturated carbocycles. The molecule has 2 amide bonds. The fourth-order valence-corrected chi connectivity index (χ4v) is 3.09. The Kier molecular flexibility index (Phi) is 6.40. The van der Waals surface area contributed by atoms with Crippen molar-refractivity contribution in [2.24, 2.45) is 0 Å². The quantitative estimate of drug-likeness (QED) is 0.714. The van der Waals surface area contributed by atoms with Gasteiger partial charge in [-0.25, -0.2) is 4.79 Å². The van der Waals surface area contributed by atoms with E-state index in [2.05, 4.69) is 10.6 Å². The van der Waals surface area contributed by atoms with Crippen LogP contribution in [0.2, 0.25) is 0 Å². The SMILES string of the molecule is COCC(C)(C)NC(=O)N[C@H](C)C(O)(c1ccccc1)c1ccccc1. The predicted octanol–water partition coefficient (Wildman–Crippen LogP) is 3.04. The summed E-state index contributed by atoms with van der Waals surface area (Å²) in [5.74, 6) is 0. The van der Waals surface area contributed by atoms with Crippen LogP contribution in [-0.2, 0) is 10.3 Å². The second-order valence-electron chi connectivity index (χ2n) is 7.14. The molecule has 0 heterocycles. The molecule has 1 atom stereocenters. The first-order valence-corrected chi connectivity index (χ1v) is 8.70. The van der Waals surface area contributed by atoms with Crippen LogP contribution in [-0.4, -0.2) is 36.4 Å². The highest BCUT2D eigenvalue weighted by atomic mass is 16.5. The number of nitrogens with one attached hydrogen (secondary N) is 2. The van der Waals surface area contributed by atoms with E-state index in [0.717, 1.165) is 11.1 Å². The van der Waals surface area contributed by atoms with E-state index in [1.807, 2.05) is 74.5 Å². The molecule has 0 aliphatic rings. The van der Waals surface area contributed by atoms with Crippen molar-refractivity contribution >= 4 is 6.03 Å². The van der Waals surface area contributed by atoms with E-state index < -0.39 is 17.2 Å². The highest BCUT2D eigenvalue weighted by molar-refractivity contribution is 5.75. The highest BCUT2D eigenvalue weighted by Crippen LogP contribution is 2.32. The summed E-state index contributed by atoms with van der Waals surface area (Å²) in [4.78, 5) is 12.5. The molecule has 0 spiro atoms. The normalized spacial score (nSPS) is 13.1. The molecule has 5 nitrogen and oxygen atoms in total. The van der Waals surface area contributed by atoms with Crippen molar-refractivity contribution in [3.8, 4) is 0 Å². The van der Waals surface area contributed by atoms with Crippen LogP contribution in [0.25, 0.3) is 0 Å². The summed E-state index contributed by atoms with van der Waals surface area (Å²) in [5.41, 5.74) is -0.438. The van der Waals surface area contributed by atoms with Gasteiger partial charge >= 0.3 is 6.03 Å². The first kappa shape index (κ1) is 19.9. The zero-order chi connectivity index (χ0) is 19.2. The van der Waals surface area contributed by atoms with E-state index >= 15 is 0 Å². The standard InChI is InChI=1S/C21H28N2O3/c1-16(22-19(24)23-20(2,3)15-26-4)21(25,17-11-7-5-8-12-17)18-13-9-6-10-14-18/h5-14,16,25H,15H2,1-4H3,(H2,22,23,24)/t16-/m1/s1. The van der Waals surface area contributed by atoms with E-state index in [-0.39, 0.29) is 6.03 Å². The molecule has 140 valence electrons. The van der Waals surface area contributed by atoms with E-state index in [1.165, 1.54) is 0 Å². The van der Waals surface area contributed by atoms with Gasteiger partial charge in [0.1, 0.15) is 5.60 Å². The lowest BCUT2D eigenvalue weighted by Crippen LogP contribution is -2.57. The number of urea groups is 1. The Morgan fingerprint density at radius 1 is 1.04 bits per heavy atom. The number of ether oxygens (including phenoxy) is 1. The summed E-state index contributed by atoms with van der Waals surface area (Å²) >= 11 is 0. The van der Waals surface area contributed by atoms with Gasteiger partial charge < -0.3 is 20.5 Å². The maximum absolute atomic E-state index is 12.5. The molecule has 0 aliphatic heterocycles. The molecule has 0 bridgehead atoms. The van der Waals surface area contributed by atoms with Gasteiger partial charge in [-0.15, -0.1) is 0 Å². The summed E-state index contributed by atoms with van der Waals surface area (Å²) in [6.45, 7) is 5.93. The molecule has 2 rings (SSSR count). The average Bonchev–Trinajstić information content (AvgIpc) is 2.61. The van der Waals surface area contributed by atoms with Crippen LogP contribution >= 0.6 is 0 Å². The third-order valence-corrected chi connectivity index (χ3v) is 4.36. The number of carbonyl (C=O) groups is 1. The van der Waals surface area contributed by atoms with E-state index in [1.54, 1.807) is 14.0 Å². The van der Waals surface area contributed by atoms with Gasteiger partial charge in [0.2, 0.25) is 0 Å². The van der Waals surface area contributed by atoms with Crippen LogP contribution in [0.3, 0.4) is 0 Å². The van der Waals surface area contributed by atoms with Crippen LogP contribution in [0.1, 0.15) is 31.9 Å². The van der Waals surface area contributed by atoms with Crippen LogP contribution in [0.5, 0.6) is 0 Å². The topological polar surface area (TPSA) is 70.6 Å². The number of amides is 2. The number of hydrogen-bond acceptors (Lipinski definition) is 3. The zero-order valence-electron chi connectivity index (χ0n) is 15.8. The third-order valence-electron chi connectivity index (χ3n) is 4.36. The van der Waals surface area contributed by atoms with E-state index in [0.29, 0.717) is 6.61 Å². The summed E-state index contributed by atoms with van der Waals surface area (Å²) < 4.78 is 5.13. The van der Waals surface area contributed by atoms with Crippen molar-refractivity contribution in [2.45, 2.75) is 38.0 Å². The number of carbonyl (C=O) groups excluding carboxylic acids is 1. The smallest absolute Gasteiger partial charge is 0.315 e. The Bertz CT molecular complexity index is 662. The Hall–Kier alpha value is -2.37. The molecule has 0 aliphatic carbocycles. The fraction of sp³-hybridized carbons (Fsp3) is 0.381. The molecule has 2 aromatic rings. The monoisotopic (exact) mass is 356 g/mol. The summed E-state index contributed by atoms with van der Waals surface area (Å²) in [7, 11) is 1.59. The molecular weight excluding hydrogens is 328 g/mol. The van der Waals surface area contributed by atoms with Crippen molar-refractivity contribution in [2.75, 3.05) is 13.7 Å². The first-order chi connectivity index (χ1) is 12.3. The second kappa shape index (κ2) is 8.34. The second-order valence-corrected chi connectivity index (χ2v) is 7.14. The van der Waals surface area contributed by atoms with Gasteiger partial charge in [-0.1, -0.05) is 60.7 Å². The van der Waals surface area contributed by atoms with Crippen molar-refractivity contribution in [1.82, 2.24) is 10.6 Å². The summed E-state index contributed by atoms with van der Waals surface area (Å²) in [6.07, 6.45) is 0. The lowest BCUT2D eigenvalue weighted by Gasteiger charge is -2.36. The summed E-state index contributed by atoms with van der Waals surface area (Å²) in [6, 6.07) is 17.8. The third kappa shape index (κ3) is 4.62. The predicted molar refractivity (Wildman–Crippen MR) is 103 cm³/mol. The van der Waals surface area contributed by atoms with Crippen molar-refractivity contribution < 1.29 is 14.6 Å². The number of methoxy groups -OCH3 is 1. The largest absolute Gasteiger partial charge is 0.382 e. The van der Waals surface area contributed by atoms with Gasteiger partial charge in [0, 0.05) is 7.11 Å². The van der Waals surface area contributed by atoms with Gasteiger partial charge in [-0.3, -0.25) is 0 Å². The number of hydrogen-bond donors (Lipinski definition) is 3. The van der Waals surface area contributed by atoms with Gasteiger partial charge in [-0.2, -0.15) is 0 Å². The zero-order valence-corrected chi connectivity index (χ0v) is 15.8. The molecule has 3 N–H and O–H groups in total. The van der Waals surface area contributed by atoms with Crippen LogP contribution in [0, 0.1) is 0 Å². The molecule has 0 aromatic heterocycles. The van der Waals surface area contributed by atoms with Crippen LogP contribution in [0.15, 0.2) is 60.7 Å². The maximum Gasteiger partial charge on any atom is 0.315 e. The molecule has 0 fully saturated rings. The van der Waals surface area contributed by atoms with E-state index in [4.69, 9.17) is 4.74 Å².